The van der Waals surface area contributed by atoms with Crippen molar-refractivity contribution >= 4 is 5.82 Å². The molecular weight excluding hydrogens is 272 g/mol. The molecular formula is C19H32N2O. The second kappa shape index (κ2) is 8.40. The van der Waals surface area contributed by atoms with Crippen molar-refractivity contribution in [3.63, 3.8) is 0 Å². The summed E-state index contributed by atoms with van der Waals surface area (Å²) in [4.78, 5) is 6.94. The van der Waals surface area contributed by atoms with Gasteiger partial charge in [-0.15, -0.1) is 0 Å². The van der Waals surface area contributed by atoms with E-state index in [9.17, 15) is 5.11 Å². The number of rotatable bonds is 9. The van der Waals surface area contributed by atoms with Crippen molar-refractivity contribution in [3.8, 4) is 5.75 Å². The minimum absolute atomic E-state index is 0.442. The standard InChI is InChI=1S/C19H32N2O/c1-4-5-6-7-8-9-10-11-12-17-18(22)15(2)16-13-14-21(3)19(16)20-17/h22H,4-14H2,1-3H3. The van der Waals surface area contributed by atoms with E-state index in [-0.39, 0.29) is 0 Å². The molecule has 0 aromatic carbocycles. The Bertz CT molecular complexity index is 485. The normalized spacial score (nSPS) is 13.7. The molecule has 0 aliphatic carbocycles. The van der Waals surface area contributed by atoms with E-state index >= 15 is 0 Å². The van der Waals surface area contributed by atoms with E-state index in [0.29, 0.717) is 5.75 Å². The number of hydrogen-bond donors (Lipinski definition) is 1. The lowest BCUT2D eigenvalue weighted by Crippen LogP contribution is -2.14. The number of aromatic nitrogens is 1. The summed E-state index contributed by atoms with van der Waals surface area (Å²) >= 11 is 0. The third kappa shape index (κ3) is 4.15. The first kappa shape index (κ1) is 17.1. The maximum absolute atomic E-state index is 10.4. The van der Waals surface area contributed by atoms with Gasteiger partial charge in [-0.2, -0.15) is 0 Å². The molecule has 0 radical (unpaired) electrons. The Morgan fingerprint density at radius 1 is 1.05 bits per heavy atom. The van der Waals surface area contributed by atoms with E-state index < -0.39 is 0 Å². The Hall–Kier alpha value is -1.25. The number of nitrogens with zero attached hydrogens (tertiary/aromatic N) is 2. The van der Waals surface area contributed by atoms with Crippen LogP contribution in [0.3, 0.4) is 0 Å². The Balaban J connectivity index is 1.79. The average Bonchev–Trinajstić information content (AvgIpc) is 2.88. The number of hydrogen-bond acceptors (Lipinski definition) is 3. The largest absolute Gasteiger partial charge is 0.506 e. The predicted octanol–water partition coefficient (Wildman–Crippen LogP) is 4.77. The van der Waals surface area contributed by atoms with Gasteiger partial charge in [-0.25, -0.2) is 4.98 Å². The molecule has 3 heteroatoms. The molecule has 1 aromatic heterocycles. The van der Waals surface area contributed by atoms with Gasteiger partial charge < -0.3 is 10.0 Å². The average molecular weight is 304 g/mol. The number of likely N-dealkylation sites (N-methyl/N-ethyl adjacent to an activating group) is 1. The second-order valence-corrected chi connectivity index (χ2v) is 6.73. The maximum Gasteiger partial charge on any atom is 0.140 e. The molecule has 1 aliphatic rings. The first-order valence-electron chi connectivity index (χ1n) is 9.07. The molecule has 0 spiro atoms. The molecule has 0 saturated carbocycles. The minimum Gasteiger partial charge on any atom is -0.506 e. The summed E-state index contributed by atoms with van der Waals surface area (Å²) in [6, 6.07) is 0. The van der Waals surface area contributed by atoms with Crippen LogP contribution in [0.1, 0.15) is 75.1 Å². The maximum atomic E-state index is 10.4. The van der Waals surface area contributed by atoms with Crippen molar-refractivity contribution < 1.29 is 5.11 Å². The van der Waals surface area contributed by atoms with Gasteiger partial charge in [0.1, 0.15) is 11.6 Å². The number of aryl methyl sites for hydroxylation is 1. The van der Waals surface area contributed by atoms with Gasteiger partial charge in [-0.3, -0.25) is 0 Å². The first-order chi connectivity index (χ1) is 10.6. The fourth-order valence-corrected chi connectivity index (χ4v) is 3.38. The monoisotopic (exact) mass is 304 g/mol. The summed E-state index contributed by atoms with van der Waals surface area (Å²) in [5, 5.41) is 10.4. The van der Waals surface area contributed by atoms with Gasteiger partial charge in [0.05, 0.1) is 5.69 Å². The van der Waals surface area contributed by atoms with Crippen molar-refractivity contribution in [1.29, 1.82) is 0 Å². The molecule has 2 rings (SSSR count). The predicted molar refractivity (Wildman–Crippen MR) is 93.9 cm³/mol. The van der Waals surface area contributed by atoms with Crippen molar-refractivity contribution in [2.75, 3.05) is 18.5 Å². The zero-order chi connectivity index (χ0) is 15.9. The second-order valence-electron chi connectivity index (χ2n) is 6.73. The van der Waals surface area contributed by atoms with Crippen molar-refractivity contribution in [3.05, 3.63) is 16.8 Å². The molecule has 124 valence electrons. The molecule has 1 aromatic rings. The van der Waals surface area contributed by atoms with Crippen LogP contribution >= 0.6 is 0 Å². The smallest absolute Gasteiger partial charge is 0.140 e. The lowest BCUT2D eigenvalue weighted by atomic mass is 10.0. The quantitative estimate of drug-likeness (QED) is 0.667. The van der Waals surface area contributed by atoms with Crippen molar-refractivity contribution in [1.82, 2.24) is 4.98 Å². The zero-order valence-electron chi connectivity index (χ0n) is 14.6. The molecule has 0 amide bonds. The summed E-state index contributed by atoms with van der Waals surface area (Å²) in [5.41, 5.74) is 3.18. The van der Waals surface area contributed by atoms with Crippen LogP contribution in [0.15, 0.2) is 0 Å². The zero-order valence-corrected chi connectivity index (χ0v) is 14.6. The molecule has 2 heterocycles. The van der Waals surface area contributed by atoms with Crippen molar-refractivity contribution in [2.45, 2.75) is 78.1 Å². The van der Waals surface area contributed by atoms with Gasteiger partial charge in [-0.1, -0.05) is 51.9 Å². The van der Waals surface area contributed by atoms with Crippen LogP contribution in [-0.4, -0.2) is 23.7 Å². The van der Waals surface area contributed by atoms with E-state index in [1.54, 1.807) is 0 Å². The van der Waals surface area contributed by atoms with E-state index in [4.69, 9.17) is 4.98 Å². The van der Waals surface area contributed by atoms with Gasteiger partial charge >= 0.3 is 0 Å². The number of pyridine rings is 1. The summed E-state index contributed by atoms with van der Waals surface area (Å²) in [6.07, 6.45) is 12.4. The molecule has 1 N–H and O–H groups in total. The molecule has 22 heavy (non-hydrogen) atoms. The molecule has 0 saturated heterocycles. The van der Waals surface area contributed by atoms with E-state index in [2.05, 4.69) is 18.9 Å². The Morgan fingerprint density at radius 2 is 1.68 bits per heavy atom. The third-order valence-electron chi connectivity index (χ3n) is 4.92. The Kier molecular flexibility index (Phi) is 6.53. The minimum atomic E-state index is 0.442. The van der Waals surface area contributed by atoms with Crippen LogP contribution < -0.4 is 4.90 Å². The van der Waals surface area contributed by atoms with Gasteiger partial charge in [0, 0.05) is 19.2 Å². The topological polar surface area (TPSA) is 36.4 Å². The van der Waals surface area contributed by atoms with E-state index in [0.717, 1.165) is 42.9 Å². The summed E-state index contributed by atoms with van der Waals surface area (Å²) in [6.45, 7) is 5.31. The van der Waals surface area contributed by atoms with Crippen LogP contribution in [0.25, 0.3) is 0 Å². The first-order valence-corrected chi connectivity index (χ1v) is 9.07. The van der Waals surface area contributed by atoms with E-state index in [1.165, 1.54) is 50.5 Å². The molecule has 1 aliphatic heterocycles. The highest BCUT2D eigenvalue weighted by Crippen LogP contribution is 2.35. The SMILES string of the molecule is CCCCCCCCCCc1nc2c(c(C)c1O)CCN2C. The van der Waals surface area contributed by atoms with Crippen LogP contribution in [0.5, 0.6) is 5.75 Å². The number of fused-ring (bicyclic) bond motifs is 1. The van der Waals surface area contributed by atoms with Gasteiger partial charge in [0.25, 0.3) is 0 Å². The molecule has 0 unspecified atom stereocenters. The Labute approximate surface area is 135 Å². The number of aromatic hydroxyl groups is 1. The summed E-state index contributed by atoms with van der Waals surface area (Å²) in [5.74, 6) is 1.53. The Morgan fingerprint density at radius 3 is 2.36 bits per heavy atom. The van der Waals surface area contributed by atoms with Crippen LogP contribution in [-0.2, 0) is 12.8 Å². The molecule has 0 atom stereocenters. The molecule has 0 bridgehead atoms. The van der Waals surface area contributed by atoms with Gasteiger partial charge in [0.2, 0.25) is 0 Å². The lowest BCUT2D eigenvalue weighted by molar-refractivity contribution is 0.456. The van der Waals surface area contributed by atoms with Crippen LogP contribution in [0.4, 0.5) is 5.82 Å². The van der Waals surface area contributed by atoms with Crippen LogP contribution in [0.2, 0.25) is 0 Å². The highest BCUT2D eigenvalue weighted by atomic mass is 16.3. The molecule has 0 fully saturated rings. The molecule has 3 nitrogen and oxygen atoms in total. The van der Waals surface area contributed by atoms with Gasteiger partial charge in [0.15, 0.2) is 0 Å². The fourth-order valence-electron chi connectivity index (χ4n) is 3.38. The number of anilines is 1. The number of unbranched alkanes of at least 4 members (excludes halogenated alkanes) is 7. The fraction of sp³-hybridized carbons (Fsp3) is 0.737. The van der Waals surface area contributed by atoms with E-state index in [1.807, 2.05) is 6.92 Å². The van der Waals surface area contributed by atoms with Crippen molar-refractivity contribution in [2.24, 2.45) is 0 Å². The van der Waals surface area contributed by atoms with Crippen LogP contribution in [0, 0.1) is 6.92 Å². The highest BCUT2D eigenvalue weighted by molar-refractivity contribution is 5.59. The van der Waals surface area contributed by atoms with Gasteiger partial charge in [-0.05, 0) is 31.7 Å². The highest BCUT2D eigenvalue weighted by Gasteiger charge is 2.23. The summed E-state index contributed by atoms with van der Waals surface area (Å²) in [7, 11) is 2.09. The summed E-state index contributed by atoms with van der Waals surface area (Å²) < 4.78 is 0. The third-order valence-corrected chi connectivity index (χ3v) is 4.92. The lowest BCUT2D eigenvalue weighted by Gasteiger charge is -2.15.